The van der Waals surface area contributed by atoms with Gasteiger partial charge in [0, 0.05) is 13.1 Å². The Kier molecular flexibility index (Phi) is 5.74. The van der Waals surface area contributed by atoms with Crippen molar-refractivity contribution in [2.45, 2.75) is 82.7 Å². The molecule has 2 aliphatic rings. The molecule has 0 aromatic heterocycles. The van der Waals surface area contributed by atoms with E-state index in [-0.39, 0.29) is 29.2 Å². The van der Waals surface area contributed by atoms with Crippen molar-refractivity contribution in [3.63, 3.8) is 0 Å². The van der Waals surface area contributed by atoms with Crippen LogP contribution in [0.5, 0.6) is 0 Å². The molecule has 1 aromatic carbocycles. The number of rotatable bonds is 3. The fraction of sp³-hybridized carbons (Fsp3) is 0.609. The molecule has 1 aliphatic heterocycles. The SMILES string of the molecule is CN1C(=N)N[C@](C)(C(=O)NC2CCCCC2)[C@H](c2ccc(C(C)(C)C)cc2)C1=O. The molecular weight excluding hydrogens is 364 g/mol. The molecule has 1 heterocycles. The number of likely N-dealkylation sites (N-methyl/N-ethyl adjacent to an activating group) is 1. The van der Waals surface area contributed by atoms with Gasteiger partial charge in [0.05, 0.1) is 5.92 Å². The van der Waals surface area contributed by atoms with Gasteiger partial charge in [0.25, 0.3) is 0 Å². The Labute approximate surface area is 173 Å². The summed E-state index contributed by atoms with van der Waals surface area (Å²) in [4.78, 5) is 27.8. The lowest BCUT2D eigenvalue weighted by molar-refractivity contribution is -0.139. The Morgan fingerprint density at radius 3 is 2.31 bits per heavy atom. The Bertz CT molecular complexity index is 790. The van der Waals surface area contributed by atoms with E-state index in [9.17, 15) is 9.59 Å². The van der Waals surface area contributed by atoms with Crippen LogP contribution < -0.4 is 10.6 Å². The van der Waals surface area contributed by atoms with E-state index in [1.807, 2.05) is 24.3 Å². The predicted octanol–water partition coefficient (Wildman–Crippen LogP) is 3.27. The normalized spacial score (nSPS) is 26.2. The first-order chi connectivity index (χ1) is 13.5. The highest BCUT2D eigenvalue weighted by molar-refractivity contribution is 6.08. The second-order valence-corrected chi connectivity index (χ2v) is 9.69. The van der Waals surface area contributed by atoms with Gasteiger partial charge in [-0.2, -0.15) is 0 Å². The fourth-order valence-electron chi connectivity index (χ4n) is 4.37. The van der Waals surface area contributed by atoms with Gasteiger partial charge in [0.15, 0.2) is 5.96 Å². The predicted molar refractivity (Wildman–Crippen MR) is 115 cm³/mol. The van der Waals surface area contributed by atoms with E-state index in [1.54, 1.807) is 14.0 Å². The molecule has 0 unspecified atom stereocenters. The maximum atomic E-state index is 13.4. The lowest BCUT2D eigenvalue weighted by atomic mass is 9.76. The van der Waals surface area contributed by atoms with Crippen LogP contribution >= 0.6 is 0 Å². The average Bonchev–Trinajstić information content (AvgIpc) is 2.67. The molecule has 158 valence electrons. The van der Waals surface area contributed by atoms with E-state index in [1.165, 1.54) is 16.9 Å². The van der Waals surface area contributed by atoms with Gasteiger partial charge in [-0.05, 0) is 36.3 Å². The minimum atomic E-state index is -1.21. The number of guanidine groups is 1. The van der Waals surface area contributed by atoms with E-state index < -0.39 is 11.5 Å². The van der Waals surface area contributed by atoms with E-state index >= 15 is 0 Å². The number of carbonyl (C=O) groups is 2. The summed E-state index contributed by atoms with van der Waals surface area (Å²) in [6.07, 6.45) is 5.38. The van der Waals surface area contributed by atoms with Crippen molar-refractivity contribution in [2.24, 2.45) is 0 Å². The van der Waals surface area contributed by atoms with Gasteiger partial charge in [-0.25, -0.2) is 0 Å². The Morgan fingerprint density at radius 2 is 1.76 bits per heavy atom. The minimum absolute atomic E-state index is 0.00787. The molecule has 0 spiro atoms. The van der Waals surface area contributed by atoms with Crippen molar-refractivity contribution in [1.29, 1.82) is 5.41 Å². The monoisotopic (exact) mass is 398 g/mol. The first-order valence-electron chi connectivity index (χ1n) is 10.6. The van der Waals surface area contributed by atoms with E-state index in [4.69, 9.17) is 5.41 Å². The zero-order chi connectivity index (χ0) is 21.4. The van der Waals surface area contributed by atoms with Gasteiger partial charge >= 0.3 is 0 Å². The van der Waals surface area contributed by atoms with Crippen molar-refractivity contribution in [2.75, 3.05) is 7.05 Å². The quantitative estimate of drug-likeness (QED) is 0.730. The molecular formula is C23H34N4O2. The first kappa shape index (κ1) is 21.3. The smallest absolute Gasteiger partial charge is 0.246 e. The number of carbonyl (C=O) groups excluding carboxylic acids is 2. The van der Waals surface area contributed by atoms with Crippen molar-refractivity contribution >= 4 is 17.8 Å². The summed E-state index contributed by atoms with van der Waals surface area (Å²) in [5.74, 6) is -1.18. The number of amides is 2. The lowest BCUT2D eigenvalue weighted by Gasteiger charge is -2.45. The summed E-state index contributed by atoms with van der Waals surface area (Å²) < 4.78 is 0. The fourth-order valence-corrected chi connectivity index (χ4v) is 4.37. The van der Waals surface area contributed by atoms with Crippen LogP contribution in [0.1, 0.15) is 76.8 Å². The minimum Gasteiger partial charge on any atom is -0.351 e. The molecule has 1 aliphatic carbocycles. The van der Waals surface area contributed by atoms with Gasteiger partial charge in [-0.15, -0.1) is 0 Å². The second kappa shape index (κ2) is 7.81. The molecule has 1 saturated carbocycles. The molecule has 1 aromatic rings. The summed E-state index contributed by atoms with van der Waals surface area (Å²) in [5.41, 5.74) is 0.762. The van der Waals surface area contributed by atoms with Gasteiger partial charge in [-0.1, -0.05) is 64.3 Å². The molecule has 3 rings (SSSR count). The molecule has 2 atom stereocenters. The number of benzene rings is 1. The third kappa shape index (κ3) is 4.16. The number of hydrogen-bond acceptors (Lipinski definition) is 3. The van der Waals surface area contributed by atoms with Crippen LogP contribution in [0.4, 0.5) is 0 Å². The first-order valence-corrected chi connectivity index (χ1v) is 10.6. The van der Waals surface area contributed by atoms with Crippen LogP contribution in [0.2, 0.25) is 0 Å². The van der Waals surface area contributed by atoms with Gasteiger partial charge in [-0.3, -0.25) is 19.9 Å². The number of nitrogens with zero attached hydrogens (tertiary/aromatic N) is 1. The zero-order valence-electron chi connectivity index (χ0n) is 18.3. The summed E-state index contributed by atoms with van der Waals surface area (Å²) in [5, 5.41) is 14.4. The highest BCUT2D eigenvalue weighted by Crippen LogP contribution is 2.35. The van der Waals surface area contributed by atoms with Crippen molar-refractivity contribution < 1.29 is 9.59 Å². The second-order valence-electron chi connectivity index (χ2n) is 9.69. The highest BCUT2D eigenvalue weighted by atomic mass is 16.2. The molecule has 2 amide bonds. The molecule has 29 heavy (non-hydrogen) atoms. The van der Waals surface area contributed by atoms with E-state index in [0.29, 0.717) is 0 Å². The lowest BCUT2D eigenvalue weighted by Crippen LogP contribution is -2.70. The zero-order valence-corrected chi connectivity index (χ0v) is 18.3. The maximum Gasteiger partial charge on any atom is 0.246 e. The topological polar surface area (TPSA) is 85.3 Å². The van der Waals surface area contributed by atoms with Crippen LogP contribution in [0.3, 0.4) is 0 Å². The van der Waals surface area contributed by atoms with Crippen molar-refractivity contribution in [3.05, 3.63) is 35.4 Å². The molecule has 1 saturated heterocycles. The average molecular weight is 399 g/mol. The molecule has 0 radical (unpaired) electrons. The Morgan fingerprint density at radius 1 is 1.17 bits per heavy atom. The summed E-state index contributed by atoms with van der Waals surface area (Å²) in [6.45, 7) is 8.18. The van der Waals surface area contributed by atoms with Crippen molar-refractivity contribution in [1.82, 2.24) is 15.5 Å². The highest BCUT2D eigenvalue weighted by Gasteiger charge is 2.52. The standard InChI is InChI=1S/C23H34N4O2/c1-22(2,3)16-13-11-15(12-14-16)18-19(28)27(5)21(24)26-23(18,4)20(29)25-17-9-7-6-8-10-17/h11-14,17-18H,6-10H2,1-5H3,(H2,24,26)(H,25,29)/t18-,23+/m1/s1. The summed E-state index contributed by atoms with van der Waals surface area (Å²) >= 11 is 0. The maximum absolute atomic E-state index is 13.4. The van der Waals surface area contributed by atoms with Crippen molar-refractivity contribution in [3.8, 4) is 0 Å². The van der Waals surface area contributed by atoms with Gasteiger partial charge in [0.1, 0.15) is 5.54 Å². The van der Waals surface area contributed by atoms with Crippen LogP contribution in [0.15, 0.2) is 24.3 Å². The molecule has 6 heteroatoms. The molecule has 2 fully saturated rings. The Hall–Kier alpha value is -2.37. The number of hydrogen-bond donors (Lipinski definition) is 3. The van der Waals surface area contributed by atoms with E-state index in [0.717, 1.165) is 31.2 Å². The van der Waals surface area contributed by atoms with Crippen LogP contribution in [-0.4, -0.2) is 41.3 Å². The summed E-state index contributed by atoms with van der Waals surface area (Å²) in [6, 6.07) is 8.09. The van der Waals surface area contributed by atoms with E-state index in [2.05, 4.69) is 31.4 Å². The third-order valence-electron chi connectivity index (χ3n) is 6.39. The van der Waals surface area contributed by atoms with Gasteiger partial charge < -0.3 is 10.6 Å². The molecule has 0 bridgehead atoms. The van der Waals surface area contributed by atoms with Gasteiger partial charge in [0.2, 0.25) is 11.8 Å². The van der Waals surface area contributed by atoms with Crippen LogP contribution in [-0.2, 0) is 15.0 Å². The Balaban J connectivity index is 1.94. The molecule has 3 N–H and O–H groups in total. The van der Waals surface area contributed by atoms with Crippen LogP contribution in [0, 0.1) is 5.41 Å². The third-order valence-corrected chi connectivity index (χ3v) is 6.39. The summed E-state index contributed by atoms with van der Waals surface area (Å²) in [7, 11) is 1.58. The number of nitrogens with one attached hydrogen (secondary N) is 3. The largest absolute Gasteiger partial charge is 0.351 e. The molecule has 6 nitrogen and oxygen atoms in total. The van der Waals surface area contributed by atoms with Crippen LogP contribution in [0.25, 0.3) is 0 Å².